The summed E-state index contributed by atoms with van der Waals surface area (Å²) in [5, 5.41) is 0. The highest BCUT2D eigenvalue weighted by atomic mass is 16.5. The lowest BCUT2D eigenvalue weighted by Gasteiger charge is -2.33. The standard InChI is InChI=1S/C20H26N2O5/c1-3-27-20(25)14-5-4-10-21(12-14)19(24)15-11-18(23)22(13-15)16-6-8-17(26-2)9-7-16/h6-9,14-15H,3-5,10-13H2,1-2H3. The van der Waals surface area contributed by atoms with Crippen LogP contribution in [0.15, 0.2) is 24.3 Å². The minimum atomic E-state index is -0.374. The Morgan fingerprint density at radius 1 is 1.15 bits per heavy atom. The molecule has 0 spiro atoms. The van der Waals surface area contributed by atoms with E-state index in [0.29, 0.717) is 26.2 Å². The Bertz CT molecular complexity index is 703. The van der Waals surface area contributed by atoms with Crippen molar-refractivity contribution in [1.82, 2.24) is 4.90 Å². The number of likely N-dealkylation sites (tertiary alicyclic amines) is 1. The maximum Gasteiger partial charge on any atom is 0.310 e. The molecule has 2 heterocycles. The monoisotopic (exact) mass is 374 g/mol. The van der Waals surface area contributed by atoms with Gasteiger partial charge in [0, 0.05) is 31.7 Å². The van der Waals surface area contributed by atoms with Gasteiger partial charge in [-0.25, -0.2) is 0 Å². The normalized spacial score (nSPS) is 22.7. The summed E-state index contributed by atoms with van der Waals surface area (Å²) in [5.41, 5.74) is 0.763. The number of esters is 1. The molecule has 1 aromatic carbocycles. The Kier molecular flexibility index (Phi) is 5.98. The number of rotatable bonds is 5. The van der Waals surface area contributed by atoms with E-state index in [9.17, 15) is 14.4 Å². The number of carbonyl (C=O) groups is 3. The Labute approximate surface area is 159 Å². The SMILES string of the molecule is CCOC(=O)C1CCCN(C(=O)C2CC(=O)N(c3ccc(OC)cc3)C2)C1. The molecule has 2 amide bonds. The van der Waals surface area contributed by atoms with Crippen LogP contribution in [0.2, 0.25) is 0 Å². The topological polar surface area (TPSA) is 76.2 Å². The highest BCUT2D eigenvalue weighted by Gasteiger charge is 2.39. The number of hydrogen-bond acceptors (Lipinski definition) is 5. The van der Waals surface area contributed by atoms with Gasteiger partial charge in [-0.1, -0.05) is 0 Å². The second-order valence-electron chi connectivity index (χ2n) is 6.98. The molecule has 7 heteroatoms. The van der Waals surface area contributed by atoms with Crippen LogP contribution in [0.1, 0.15) is 26.2 Å². The predicted molar refractivity (Wildman–Crippen MR) is 99.4 cm³/mol. The second kappa shape index (κ2) is 8.41. The van der Waals surface area contributed by atoms with E-state index in [0.717, 1.165) is 24.3 Å². The Morgan fingerprint density at radius 3 is 2.56 bits per heavy atom. The number of piperidine rings is 1. The molecule has 7 nitrogen and oxygen atoms in total. The molecule has 0 radical (unpaired) electrons. The van der Waals surface area contributed by atoms with Crippen LogP contribution in [0.5, 0.6) is 5.75 Å². The fourth-order valence-electron chi connectivity index (χ4n) is 3.77. The van der Waals surface area contributed by atoms with E-state index in [1.54, 1.807) is 36.0 Å². The molecule has 1 aromatic rings. The summed E-state index contributed by atoms with van der Waals surface area (Å²) < 4.78 is 10.2. The molecule has 2 saturated heterocycles. The molecule has 0 aromatic heterocycles. The number of carbonyl (C=O) groups excluding carboxylic acids is 3. The largest absolute Gasteiger partial charge is 0.497 e. The van der Waals surface area contributed by atoms with Crippen molar-refractivity contribution in [3.8, 4) is 5.75 Å². The minimum Gasteiger partial charge on any atom is -0.497 e. The van der Waals surface area contributed by atoms with Crippen molar-refractivity contribution >= 4 is 23.5 Å². The van der Waals surface area contributed by atoms with E-state index in [2.05, 4.69) is 0 Å². The van der Waals surface area contributed by atoms with Gasteiger partial charge in [-0.3, -0.25) is 14.4 Å². The van der Waals surface area contributed by atoms with Crippen LogP contribution < -0.4 is 9.64 Å². The Morgan fingerprint density at radius 2 is 1.89 bits per heavy atom. The second-order valence-corrected chi connectivity index (χ2v) is 6.98. The van der Waals surface area contributed by atoms with E-state index >= 15 is 0 Å². The molecule has 0 saturated carbocycles. The van der Waals surface area contributed by atoms with Crippen LogP contribution in [-0.4, -0.2) is 56.0 Å². The van der Waals surface area contributed by atoms with Crippen molar-refractivity contribution in [2.75, 3.05) is 38.3 Å². The molecular weight excluding hydrogens is 348 g/mol. The van der Waals surface area contributed by atoms with Crippen molar-refractivity contribution in [1.29, 1.82) is 0 Å². The summed E-state index contributed by atoms with van der Waals surface area (Å²) in [6.45, 7) is 3.50. The molecule has 27 heavy (non-hydrogen) atoms. The Balaban J connectivity index is 1.63. The van der Waals surface area contributed by atoms with Gasteiger partial charge in [0.25, 0.3) is 0 Å². The molecule has 146 valence electrons. The third-order valence-electron chi connectivity index (χ3n) is 5.21. The predicted octanol–water partition coefficient (Wildman–Crippen LogP) is 1.85. The van der Waals surface area contributed by atoms with Crippen molar-refractivity contribution < 1.29 is 23.9 Å². The molecule has 0 bridgehead atoms. The molecule has 0 N–H and O–H groups in total. The number of benzene rings is 1. The smallest absolute Gasteiger partial charge is 0.310 e. The van der Waals surface area contributed by atoms with Gasteiger partial charge in [-0.15, -0.1) is 0 Å². The molecular formula is C20H26N2O5. The van der Waals surface area contributed by atoms with Crippen molar-refractivity contribution in [2.45, 2.75) is 26.2 Å². The van der Waals surface area contributed by atoms with Gasteiger partial charge < -0.3 is 19.3 Å². The maximum absolute atomic E-state index is 12.9. The van der Waals surface area contributed by atoms with Gasteiger partial charge >= 0.3 is 5.97 Å². The highest BCUT2D eigenvalue weighted by Crippen LogP contribution is 2.29. The van der Waals surface area contributed by atoms with Crippen LogP contribution >= 0.6 is 0 Å². The number of amides is 2. The van der Waals surface area contributed by atoms with Gasteiger partial charge in [0.2, 0.25) is 11.8 Å². The summed E-state index contributed by atoms with van der Waals surface area (Å²) >= 11 is 0. The van der Waals surface area contributed by atoms with Crippen molar-refractivity contribution in [2.24, 2.45) is 11.8 Å². The number of hydrogen-bond donors (Lipinski definition) is 0. The zero-order chi connectivity index (χ0) is 19.4. The number of nitrogens with zero attached hydrogens (tertiary/aromatic N) is 2. The van der Waals surface area contributed by atoms with E-state index in [4.69, 9.17) is 9.47 Å². The minimum absolute atomic E-state index is 0.0478. The fourth-order valence-corrected chi connectivity index (χ4v) is 3.77. The lowest BCUT2D eigenvalue weighted by Crippen LogP contribution is -2.45. The number of anilines is 1. The van der Waals surface area contributed by atoms with E-state index in [-0.39, 0.29) is 36.0 Å². The van der Waals surface area contributed by atoms with Gasteiger partial charge in [-0.2, -0.15) is 0 Å². The zero-order valence-electron chi connectivity index (χ0n) is 15.8. The van der Waals surface area contributed by atoms with Crippen molar-refractivity contribution in [3.63, 3.8) is 0 Å². The Hall–Kier alpha value is -2.57. The number of ether oxygens (including phenoxy) is 2. The van der Waals surface area contributed by atoms with Gasteiger partial charge in [0.15, 0.2) is 0 Å². The summed E-state index contributed by atoms with van der Waals surface area (Å²) in [6.07, 6.45) is 1.72. The number of methoxy groups -OCH3 is 1. The van der Waals surface area contributed by atoms with E-state index in [1.807, 2.05) is 12.1 Å². The fraction of sp³-hybridized carbons (Fsp3) is 0.550. The molecule has 2 aliphatic rings. The zero-order valence-corrected chi connectivity index (χ0v) is 15.8. The highest BCUT2D eigenvalue weighted by molar-refractivity contribution is 6.00. The lowest BCUT2D eigenvalue weighted by atomic mass is 9.96. The maximum atomic E-state index is 12.9. The van der Waals surface area contributed by atoms with Crippen LogP contribution in [0.4, 0.5) is 5.69 Å². The van der Waals surface area contributed by atoms with Gasteiger partial charge in [0.05, 0.1) is 25.6 Å². The summed E-state index contributed by atoms with van der Waals surface area (Å²) in [7, 11) is 1.59. The first-order valence-corrected chi connectivity index (χ1v) is 9.43. The van der Waals surface area contributed by atoms with E-state index < -0.39 is 0 Å². The lowest BCUT2D eigenvalue weighted by molar-refractivity contribution is -0.152. The van der Waals surface area contributed by atoms with Gasteiger partial charge in [0.1, 0.15) is 5.75 Å². The first-order chi connectivity index (χ1) is 13.0. The average Bonchev–Trinajstić information content (AvgIpc) is 3.09. The third-order valence-corrected chi connectivity index (χ3v) is 5.21. The third kappa shape index (κ3) is 4.23. The molecule has 2 aliphatic heterocycles. The van der Waals surface area contributed by atoms with Crippen LogP contribution in [-0.2, 0) is 19.1 Å². The summed E-state index contributed by atoms with van der Waals surface area (Å²) in [4.78, 5) is 40.7. The van der Waals surface area contributed by atoms with Gasteiger partial charge in [-0.05, 0) is 44.0 Å². The average molecular weight is 374 g/mol. The summed E-state index contributed by atoms with van der Waals surface area (Å²) in [5.74, 6) is -0.266. The van der Waals surface area contributed by atoms with Crippen LogP contribution in [0.25, 0.3) is 0 Å². The molecule has 0 aliphatic carbocycles. The summed E-state index contributed by atoms with van der Waals surface area (Å²) in [6, 6.07) is 7.24. The first kappa shape index (κ1) is 19.2. The van der Waals surface area contributed by atoms with Crippen LogP contribution in [0, 0.1) is 11.8 Å². The molecule has 2 unspecified atom stereocenters. The molecule has 3 rings (SSSR count). The van der Waals surface area contributed by atoms with Crippen LogP contribution in [0.3, 0.4) is 0 Å². The molecule has 2 fully saturated rings. The van der Waals surface area contributed by atoms with E-state index in [1.165, 1.54) is 0 Å². The van der Waals surface area contributed by atoms with Crippen molar-refractivity contribution in [3.05, 3.63) is 24.3 Å². The quantitative estimate of drug-likeness (QED) is 0.735. The molecule has 2 atom stereocenters. The first-order valence-electron chi connectivity index (χ1n) is 9.43.